The van der Waals surface area contributed by atoms with Gasteiger partial charge in [-0.1, -0.05) is 24.3 Å². The molecule has 1 heterocycles. The number of fused-ring (bicyclic) bond motifs is 1. The predicted octanol–water partition coefficient (Wildman–Crippen LogP) is 6.05. The van der Waals surface area contributed by atoms with Crippen LogP contribution in [0, 0.1) is 6.92 Å². The first kappa shape index (κ1) is 25.0. The minimum absolute atomic E-state index is 0.0901. The summed E-state index contributed by atoms with van der Waals surface area (Å²) >= 11 is 0. The maximum Gasteiger partial charge on any atom is 0.295 e. The van der Waals surface area contributed by atoms with E-state index in [9.17, 15) is 17.8 Å². The molecular formula is C26H24N4O5S. The first-order valence-corrected chi connectivity index (χ1v) is 12.5. The molecule has 9 nitrogen and oxygen atoms in total. The van der Waals surface area contributed by atoms with E-state index in [1.54, 1.807) is 42.5 Å². The SMILES string of the molecule is Cc1cc(C=O)c(OC(C)C)c(-c2ccc(/N=N/c3cc(S(=O)(=O)O)c4ccccc4c3N)cn2)c1. The second-order valence-corrected chi connectivity index (χ2v) is 9.84. The highest BCUT2D eigenvalue weighted by Gasteiger charge is 2.19. The van der Waals surface area contributed by atoms with E-state index in [-0.39, 0.29) is 27.8 Å². The zero-order chi connectivity index (χ0) is 26.0. The number of hydrogen-bond acceptors (Lipinski definition) is 8. The first-order valence-electron chi connectivity index (χ1n) is 11.0. The molecule has 0 bridgehead atoms. The highest BCUT2D eigenvalue weighted by molar-refractivity contribution is 7.86. The number of carbonyl (C=O) groups excluding carboxylic acids is 1. The Morgan fingerprint density at radius 2 is 1.78 bits per heavy atom. The number of hydrogen-bond donors (Lipinski definition) is 2. The van der Waals surface area contributed by atoms with Crippen molar-refractivity contribution in [2.75, 3.05) is 5.73 Å². The van der Waals surface area contributed by atoms with Gasteiger partial charge < -0.3 is 10.5 Å². The van der Waals surface area contributed by atoms with E-state index in [1.165, 1.54) is 12.3 Å². The van der Waals surface area contributed by atoms with Crippen molar-refractivity contribution in [3.63, 3.8) is 0 Å². The van der Waals surface area contributed by atoms with Gasteiger partial charge in [0.05, 0.1) is 29.2 Å². The van der Waals surface area contributed by atoms with Crippen molar-refractivity contribution >= 4 is 44.2 Å². The average Bonchev–Trinajstić information content (AvgIpc) is 2.84. The van der Waals surface area contributed by atoms with Crippen molar-refractivity contribution < 1.29 is 22.5 Å². The quantitative estimate of drug-likeness (QED) is 0.135. The molecule has 0 aliphatic heterocycles. The van der Waals surface area contributed by atoms with Gasteiger partial charge in [-0.15, -0.1) is 10.2 Å². The number of azo groups is 1. The number of ether oxygens (including phenoxy) is 1. The highest BCUT2D eigenvalue weighted by Crippen LogP contribution is 2.37. The highest BCUT2D eigenvalue weighted by atomic mass is 32.2. The number of nitrogen functional groups attached to an aromatic ring is 1. The first-order chi connectivity index (χ1) is 17.1. The number of benzene rings is 3. The molecule has 0 saturated carbocycles. The standard InChI is InChI=1S/C26H24N4O5S/c1-15(2)35-26-17(14-31)10-16(3)11-21(26)22-9-8-18(13-28-22)29-30-23-12-24(36(32,33)34)19-6-4-5-7-20(19)25(23)27/h4-15H,27H2,1-3H3,(H,32,33,34)/b30-29+. The summed E-state index contributed by atoms with van der Waals surface area (Å²) in [5, 5.41) is 8.97. The molecule has 0 unspecified atom stereocenters. The third-order valence-electron chi connectivity index (χ3n) is 5.34. The van der Waals surface area contributed by atoms with Gasteiger partial charge in [-0.25, -0.2) is 0 Å². The van der Waals surface area contributed by atoms with E-state index >= 15 is 0 Å². The Balaban J connectivity index is 1.73. The van der Waals surface area contributed by atoms with Crippen molar-refractivity contribution in [1.82, 2.24) is 4.98 Å². The fourth-order valence-corrected chi connectivity index (χ4v) is 4.53. The normalized spacial score (nSPS) is 11.9. The summed E-state index contributed by atoms with van der Waals surface area (Å²) in [4.78, 5) is 15.8. The lowest BCUT2D eigenvalue weighted by Crippen LogP contribution is -2.09. The number of rotatable bonds is 7. The van der Waals surface area contributed by atoms with Gasteiger partial charge >= 0.3 is 0 Å². The summed E-state index contributed by atoms with van der Waals surface area (Å²) in [7, 11) is -4.52. The van der Waals surface area contributed by atoms with Crippen LogP contribution in [0.1, 0.15) is 29.8 Å². The Morgan fingerprint density at radius 1 is 1.06 bits per heavy atom. The van der Waals surface area contributed by atoms with Crippen molar-refractivity contribution in [3.8, 4) is 17.0 Å². The second kappa shape index (κ2) is 9.84. The molecule has 1 aromatic heterocycles. The van der Waals surface area contributed by atoms with Crippen LogP contribution in [0.15, 0.2) is 75.9 Å². The number of aryl methyl sites for hydroxylation is 1. The number of aldehydes is 1. The average molecular weight is 505 g/mol. The van der Waals surface area contributed by atoms with E-state index in [0.717, 1.165) is 11.8 Å². The van der Waals surface area contributed by atoms with Gasteiger partial charge in [0.1, 0.15) is 22.0 Å². The fourth-order valence-electron chi connectivity index (χ4n) is 3.81. The van der Waals surface area contributed by atoms with Gasteiger partial charge in [-0.2, -0.15) is 8.42 Å². The maximum atomic E-state index is 11.9. The molecule has 3 N–H and O–H groups in total. The Kier molecular flexibility index (Phi) is 6.82. The summed E-state index contributed by atoms with van der Waals surface area (Å²) in [6, 6.07) is 14.8. The molecule has 0 fully saturated rings. The van der Waals surface area contributed by atoms with Crippen molar-refractivity contribution in [2.24, 2.45) is 10.2 Å². The molecule has 4 rings (SSSR count). The van der Waals surface area contributed by atoms with Crippen LogP contribution >= 0.6 is 0 Å². The van der Waals surface area contributed by atoms with Crippen molar-refractivity contribution in [1.29, 1.82) is 0 Å². The van der Waals surface area contributed by atoms with Crippen molar-refractivity contribution in [3.05, 3.63) is 71.9 Å². The smallest absolute Gasteiger partial charge is 0.295 e. The van der Waals surface area contributed by atoms with Crippen molar-refractivity contribution in [2.45, 2.75) is 31.8 Å². The summed E-state index contributed by atoms with van der Waals surface area (Å²) in [5.41, 5.74) is 9.47. The third kappa shape index (κ3) is 5.09. The molecule has 184 valence electrons. The molecule has 10 heteroatoms. The molecule has 0 radical (unpaired) electrons. The molecule has 4 aromatic rings. The Hall–Kier alpha value is -4.15. The number of nitrogens with two attached hydrogens (primary N) is 1. The van der Waals surface area contributed by atoms with E-state index < -0.39 is 10.1 Å². The Morgan fingerprint density at radius 3 is 2.39 bits per heavy atom. The fraction of sp³-hybridized carbons (Fsp3) is 0.154. The number of anilines is 1. The van der Waals surface area contributed by atoms with E-state index in [0.29, 0.717) is 33.6 Å². The summed E-state index contributed by atoms with van der Waals surface area (Å²) < 4.78 is 39.4. The molecular weight excluding hydrogens is 480 g/mol. The number of carbonyl (C=O) groups is 1. The molecule has 0 aliphatic rings. The van der Waals surface area contributed by atoms with E-state index in [1.807, 2.05) is 26.8 Å². The lowest BCUT2D eigenvalue weighted by molar-refractivity contribution is 0.111. The molecule has 0 saturated heterocycles. The summed E-state index contributed by atoms with van der Waals surface area (Å²) in [6.07, 6.45) is 2.10. The van der Waals surface area contributed by atoms with Crippen LogP contribution in [0.25, 0.3) is 22.0 Å². The molecule has 0 amide bonds. The number of pyridine rings is 1. The Bertz CT molecular complexity index is 1600. The lowest BCUT2D eigenvalue weighted by atomic mass is 10.0. The van der Waals surface area contributed by atoms with Crippen LogP contribution in [-0.2, 0) is 10.1 Å². The maximum absolute atomic E-state index is 11.9. The molecule has 0 atom stereocenters. The lowest BCUT2D eigenvalue weighted by Gasteiger charge is -2.17. The predicted molar refractivity (Wildman–Crippen MR) is 138 cm³/mol. The van der Waals surface area contributed by atoms with Crippen LogP contribution in [0.3, 0.4) is 0 Å². The zero-order valence-electron chi connectivity index (χ0n) is 19.8. The topological polar surface area (TPSA) is 144 Å². The monoisotopic (exact) mass is 504 g/mol. The Labute approximate surface area is 208 Å². The molecule has 36 heavy (non-hydrogen) atoms. The van der Waals surface area contributed by atoms with Gasteiger partial charge in [-0.05, 0) is 56.7 Å². The van der Waals surface area contributed by atoms with Gasteiger partial charge in [0, 0.05) is 16.3 Å². The summed E-state index contributed by atoms with van der Waals surface area (Å²) in [5.74, 6) is 0.453. The van der Waals surface area contributed by atoms with Crippen LogP contribution in [0.4, 0.5) is 17.1 Å². The van der Waals surface area contributed by atoms with Gasteiger partial charge in [0.25, 0.3) is 10.1 Å². The molecule has 0 aliphatic carbocycles. The van der Waals surface area contributed by atoms with Crippen LogP contribution in [0.2, 0.25) is 0 Å². The van der Waals surface area contributed by atoms with Crippen LogP contribution < -0.4 is 10.5 Å². The molecule has 0 spiro atoms. The van der Waals surface area contributed by atoms with E-state index in [2.05, 4.69) is 15.2 Å². The van der Waals surface area contributed by atoms with E-state index in [4.69, 9.17) is 10.5 Å². The minimum Gasteiger partial charge on any atom is -0.490 e. The number of nitrogens with zero attached hydrogens (tertiary/aromatic N) is 3. The van der Waals surface area contributed by atoms with Gasteiger partial charge in [0.2, 0.25) is 0 Å². The minimum atomic E-state index is -4.52. The largest absolute Gasteiger partial charge is 0.490 e. The van der Waals surface area contributed by atoms with Crippen LogP contribution in [-0.4, -0.2) is 30.3 Å². The number of aromatic nitrogens is 1. The van der Waals surface area contributed by atoms with Crippen LogP contribution in [0.5, 0.6) is 5.75 Å². The molecule has 3 aromatic carbocycles. The second-order valence-electron chi connectivity index (χ2n) is 8.45. The van der Waals surface area contributed by atoms with Gasteiger partial charge in [0.15, 0.2) is 6.29 Å². The van der Waals surface area contributed by atoms with Gasteiger partial charge in [-0.3, -0.25) is 14.3 Å². The summed E-state index contributed by atoms with van der Waals surface area (Å²) in [6.45, 7) is 5.63. The third-order valence-corrected chi connectivity index (χ3v) is 6.24. The zero-order valence-corrected chi connectivity index (χ0v) is 20.7.